The molecule has 1 N–H and O–H groups in total. The van der Waals surface area contributed by atoms with Crippen LogP contribution in [-0.4, -0.2) is 24.6 Å². The largest absolute Gasteiger partial charge is 0.516 e. The molecule has 3 aromatic rings. The van der Waals surface area contributed by atoms with E-state index in [1.165, 1.54) is 38.7 Å². The molecule has 2 radical (unpaired) electrons. The van der Waals surface area contributed by atoms with E-state index >= 15 is 0 Å². The second-order valence-corrected chi connectivity index (χ2v) is 6.88. The van der Waals surface area contributed by atoms with Gasteiger partial charge in [-0.15, -0.1) is 4.89 Å². The molecule has 0 heterocycles. The predicted molar refractivity (Wildman–Crippen MR) is 118 cm³/mol. The topological polar surface area (TPSA) is 39.9 Å². The maximum Gasteiger partial charge on any atom is 0.516 e. The van der Waals surface area contributed by atoms with Crippen molar-refractivity contribution < 1.29 is 14.6 Å². The van der Waals surface area contributed by atoms with Gasteiger partial charge in [0, 0.05) is 0 Å². The lowest BCUT2D eigenvalue weighted by molar-refractivity contribution is -0.264. The lowest BCUT2D eigenvalue weighted by Crippen LogP contribution is -2.23. The summed E-state index contributed by atoms with van der Waals surface area (Å²) in [7, 11) is 5.24. The molecule has 0 unspecified atom stereocenters. The van der Waals surface area contributed by atoms with Crippen LogP contribution < -0.4 is 5.22 Å². The van der Waals surface area contributed by atoms with Crippen molar-refractivity contribution in [3.63, 3.8) is 0 Å². The second-order valence-electron chi connectivity index (χ2n) is 6.88. The molecule has 0 fully saturated rings. The molecule has 0 saturated heterocycles. The van der Waals surface area contributed by atoms with Gasteiger partial charge in [0.25, 0.3) is 0 Å². The highest BCUT2D eigenvalue weighted by Gasteiger charge is 2.15. The van der Waals surface area contributed by atoms with Crippen LogP contribution in [0.25, 0.3) is 27.6 Å². The van der Waals surface area contributed by atoms with E-state index < -0.39 is 5.50 Å². The Bertz CT molecular complexity index is 895. The van der Waals surface area contributed by atoms with Crippen molar-refractivity contribution in [3.8, 4) is 0 Å². The van der Waals surface area contributed by atoms with Gasteiger partial charge < -0.3 is 4.79 Å². The Morgan fingerprint density at radius 2 is 1.56 bits per heavy atom. The molecule has 142 valence electrons. The van der Waals surface area contributed by atoms with Crippen LogP contribution in [0.5, 0.6) is 0 Å². The molecule has 0 bridgehead atoms. The zero-order valence-corrected chi connectivity index (χ0v) is 17.2. The van der Waals surface area contributed by atoms with E-state index in [-0.39, 0.29) is 0 Å². The fourth-order valence-corrected chi connectivity index (χ4v) is 2.67. The van der Waals surface area contributed by atoms with E-state index in [0.717, 1.165) is 0 Å². The van der Waals surface area contributed by atoms with E-state index in [1.54, 1.807) is 13.8 Å². The van der Waals surface area contributed by atoms with Crippen molar-refractivity contribution in [2.45, 2.75) is 53.5 Å². The summed E-state index contributed by atoms with van der Waals surface area (Å²) in [4.78, 5) is 16.3. The van der Waals surface area contributed by atoms with Crippen molar-refractivity contribution in [3.05, 3.63) is 53.2 Å². The highest BCUT2D eigenvalue weighted by Crippen LogP contribution is 2.26. The lowest BCUT2D eigenvalue weighted by atomic mass is 9.86. The fourth-order valence-electron chi connectivity index (χ4n) is 2.67. The number of hydrogen-bond donors (Lipinski definition) is 0. The maximum atomic E-state index is 7.90. The van der Waals surface area contributed by atoms with Crippen LogP contribution in [0.3, 0.4) is 0 Å². The normalized spacial score (nSPS) is 11.4. The third-order valence-electron chi connectivity index (χ3n) is 3.63. The quantitative estimate of drug-likeness (QED) is 0.210. The summed E-state index contributed by atoms with van der Waals surface area (Å²) in [6.45, 7) is 12.2. The summed E-state index contributed by atoms with van der Waals surface area (Å²) in [5, 5.41) is 6.81. The Kier molecular flexibility index (Phi) is 9.03. The van der Waals surface area contributed by atoms with Crippen LogP contribution >= 0.6 is 0 Å². The van der Waals surface area contributed by atoms with Crippen molar-refractivity contribution in [1.29, 1.82) is 0 Å². The summed E-state index contributed by atoms with van der Waals surface area (Å²) in [6, 6.07) is 15.4. The Morgan fingerprint density at radius 3 is 2.00 bits per heavy atom. The van der Waals surface area contributed by atoms with Crippen LogP contribution in [-0.2, 0) is 9.78 Å². The molecule has 3 nitrogen and oxygen atoms in total. The number of benzene rings is 3. The summed E-state index contributed by atoms with van der Waals surface area (Å²) in [6.07, 6.45) is 3.44. The minimum absolute atomic E-state index is 0.425. The molecule has 0 saturated carbocycles. The van der Waals surface area contributed by atoms with Gasteiger partial charge in [-0.2, -0.15) is 0 Å². The fraction of sp³-hybridized carbons (Fsp3) is 0.348. The van der Waals surface area contributed by atoms with Crippen LogP contribution in [0.4, 0.5) is 0 Å². The first kappa shape index (κ1) is 22.7. The predicted octanol–water partition coefficient (Wildman–Crippen LogP) is 5.21. The third-order valence-corrected chi connectivity index (χ3v) is 3.63. The molecule has 0 spiro atoms. The molecule has 0 aliphatic heterocycles. The smallest absolute Gasteiger partial charge is 0.339 e. The van der Waals surface area contributed by atoms with E-state index in [9.17, 15) is 0 Å². The van der Waals surface area contributed by atoms with Gasteiger partial charge in [-0.1, -0.05) is 73.7 Å². The zero-order valence-electron chi connectivity index (χ0n) is 17.2. The molecule has 3 rings (SSSR count). The van der Waals surface area contributed by atoms with Gasteiger partial charge in [-0.25, -0.2) is 0 Å². The van der Waals surface area contributed by atoms with Crippen LogP contribution in [0, 0.1) is 6.92 Å². The average molecular weight is 365 g/mol. The van der Waals surface area contributed by atoms with Crippen molar-refractivity contribution >= 4 is 41.9 Å². The molecule has 4 heteroatoms. The number of hydrogen-bond acceptors (Lipinski definition) is 2. The summed E-state index contributed by atoms with van der Waals surface area (Å²) in [5.41, 5.74) is 0.497. The van der Waals surface area contributed by atoms with E-state index in [4.69, 9.17) is 12.6 Å². The first-order valence-electron chi connectivity index (χ1n) is 9.25. The van der Waals surface area contributed by atoms with Gasteiger partial charge in [0.1, 0.15) is 7.85 Å². The minimum atomic E-state index is -0.862. The van der Waals surface area contributed by atoms with Gasteiger partial charge in [0.15, 0.2) is 0 Å². The third kappa shape index (κ3) is 6.72. The maximum absolute atomic E-state index is 7.90. The highest BCUT2D eigenvalue weighted by atomic mass is 17.2. The SMILES string of the molecule is C/C=c1/ccc2cccc3ccc(C)c1c32.CCC.[B]C(C)(C)OOC=[OH+]. The van der Waals surface area contributed by atoms with Gasteiger partial charge in [0.05, 0.1) is 5.50 Å². The number of carbonyl (C=O) groups excluding carboxylic acids is 1. The van der Waals surface area contributed by atoms with Gasteiger partial charge in [-0.05, 0) is 60.0 Å². The molecule has 0 atom stereocenters. The van der Waals surface area contributed by atoms with E-state index in [1.807, 2.05) is 0 Å². The van der Waals surface area contributed by atoms with Crippen molar-refractivity contribution in [2.75, 3.05) is 0 Å². The first-order valence-corrected chi connectivity index (χ1v) is 9.25. The van der Waals surface area contributed by atoms with Crippen LogP contribution in [0.15, 0.2) is 42.5 Å². The van der Waals surface area contributed by atoms with E-state index in [0.29, 0.717) is 6.47 Å². The number of rotatable bonds is 3. The lowest BCUT2D eigenvalue weighted by Gasteiger charge is -2.08. The Balaban J connectivity index is 0.000000282. The molecule has 0 aliphatic rings. The molecule has 27 heavy (non-hydrogen) atoms. The summed E-state index contributed by atoms with van der Waals surface area (Å²) in [5.74, 6) is 0. The summed E-state index contributed by atoms with van der Waals surface area (Å²) >= 11 is 0. The van der Waals surface area contributed by atoms with Gasteiger partial charge in [0.2, 0.25) is 0 Å². The molecular formula is C23H30BO3+. The standard InChI is InChI=1S/C16H14.C4H7BO3.C3H8/c1-3-12-9-10-14-6-4-5-13-8-7-11(2)15(12)16(13)14;1-4(2,5)8-7-3-6;1-3-2/h3-10H,1-2H3;3H,1-2H3;3H2,1-2H3/p+1/b12-3-;;. The molecule has 3 aromatic carbocycles. The molecular weight excluding hydrogens is 335 g/mol. The Labute approximate surface area is 163 Å². The molecule has 0 aromatic heterocycles. The van der Waals surface area contributed by atoms with Gasteiger partial charge in [-0.3, -0.25) is 0 Å². The number of aryl methyl sites for hydroxylation is 1. The Morgan fingerprint density at radius 1 is 1.00 bits per heavy atom. The van der Waals surface area contributed by atoms with Crippen LogP contribution in [0.1, 0.15) is 46.6 Å². The highest BCUT2D eigenvalue weighted by molar-refractivity contribution is 6.13. The van der Waals surface area contributed by atoms with Gasteiger partial charge >= 0.3 is 6.47 Å². The second kappa shape index (κ2) is 10.7. The van der Waals surface area contributed by atoms with Crippen molar-refractivity contribution in [2.24, 2.45) is 0 Å². The summed E-state index contributed by atoms with van der Waals surface area (Å²) < 4.78 is 0. The van der Waals surface area contributed by atoms with Crippen molar-refractivity contribution in [1.82, 2.24) is 0 Å². The average Bonchev–Trinajstić information content (AvgIpc) is 2.63. The first-order chi connectivity index (χ1) is 12.8. The monoisotopic (exact) mass is 365 g/mol. The van der Waals surface area contributed by atoms with E-state index in [2.05, 4.69) is 86.0 Å². The molecule has 0 aliphatic carbocycles. The van der Waals surface area contributed by atoms with Crippen LogP contribution in [0.2, 0.25) is 0 Å². The Hall–Kier alpha value is -2.33. The molecule has 0 amide bonds. The minimum Gasteiger partial charge on any atom is -0.339 e. The zero-order chi connectivity index (χ0) is 20.4.